The molecule has 0 bridgehead atoms. The normalized spacial score (nSPS) is 22.0. The first-order chi connectivity index (χ1) is 11.2. The van der Waals surface area contributed by atoms with E-state index >= 15 is 0 Å². The molecule has 24 heavy (non-hydrogen) atoms. The van der Waals surface area contributed by atoms with E-state index in [9.17, 15) is 9.59 Å². The summed E-state index contributed by atoms with van der Waals surface area (Å²) in [7, 11) is 0. The Balaban J connectivity index is 1.89. The van der Waals surface area contributed by atoms with E-state index in [2.05, 4.69) is 0 Å². The Hall–Kier alpha value is -1.82. The Kier molecular flexibility index (Phi) is 4.20. The summed E-state index contributed by atoms with van der Waals surface area (Å²) < 4.78 is 11.7. The number of hydrogen-bond donors (Lipinski definition) is 1. The molecule has 3 rings (SSSR count). The van der Waals surface area contributed by atoms with Crippen LogP contribution in [0.15, 0.2) is 10.7 Å². The number of nitrogens with zero attached hydrogens (tertiary/aromatic N) is 1. The summed E-state index contributed by atoms with van der Waals surface area (Å²) in [5.74, 6) is -0.928. The largest absolute Gasteiger partial charge is 0.481 e. The summed E-state index contributed by atoms with van der Waals surface area (Å²) in [6.45, 7) is 6.84. The Morgan fingerprint density at radius 3 is 2.54 bits per heavy atom. The first-order valence-electron chi connectivity index (χ1n) is 8.50. The molecule has 6 nitrogen and oxygen atoms in total. The maximum absolute atomic E-state index is 13.1. The van der Waals surface area contributed by atoms with Crippen molar-refractivity contribution in [3.05, 3.63) is 23.2 Å². The molecule has 1 aromatic heterocycles. The van der Waals surface area contributed by atoms with E-state index in [0.29, 0.717) is 24.2 Å². The summed E-state index contributed by atoms with van der Waals surface area (Å²) in [5.41, 5.74) is 0.398. The number of carbonyl (C=O) groups is 2. The second kappa shape index (κ2) is 5.92. The smallest absolute Gasteiger partial charge is 0.311 e. The van der Waals surface area contributed by atoms with Gasteiger partial charge in [-0.2, -0.15) is 0 Å². The maximum atomic E-state index is 13.1. The van der Waals surface area contributed by atoms with Gasteiger partial charge in [-0.1, -0.05) is 12.8 Å². The lowest BCUT2D eigenvalue weighted by Gasteiger charge is -2.48. The third-order valence-electron chi connectivity index (χ3n) is 4.92. The lowest BCUT2D eigenvalue weighted by Crippen LogP contribution is -2.60. The molecule has 2 aliphatic rings. The number of rotatable bonds is 3. The van der Waals surface area contributed by atoms with Gasteiger partial charge in [-0.15, -0.1) is 0 Å². The van der Waals surface area contributed by atoms with Gasteiger partial charge in [0.2, 0.25) is 0 Å². The third-order valence-corrected chi connectivity index (χ3v) is 4.92. The van der Waals surface area contributed by atoms with Crippen molar-refractivity contribution in [2.45, 2.75) is 64.1 Å². The molecule has 1 N–H and O–H groups in total. The lowest BCUT2D eigenvalue weighted by molar-refractivity contribution is -0.184. The van der Waals surface area contributed by atoms with Crippen LogP contribution in [-0.4, -0.2) is 46.2 Å². The van der Waals surface area contributed by atoms with E-state index in [1.165, 1.54) is 6.26 Å². The molecule has 1 amide bonds. The number of furan rings is 1. The highest BCUT2D eigenvalue weighted by atomic mass is 16.5. The summed E-state index contributed by atoms with van der Waals surface area (Å²) in [6, 6.07) is 0. The number of carboxylic acids is 1. The standard InChI is InChI=1S/C18H25NO5/c1-12-9-23-13(8-14(20)21)15(12)16(22)19-10-17(2,3)24-18(11-19)6-4-5-7-18/h9H,4-8,10-11H2,1-3H3,(H,20,21). The van der Waals surface area contributed by atoms with Crippen molar-refractivity contribution in [1.29, 1.82) is 0 Å². The highest BCUT2D eigenvalue weighted by Gasteiger charge is 2.47. The zero-order chi connectivity index (χ0) is 17.5. The zero-order valence-corrected chi connectivity index (χ0v) is 14.6. The van der Waals surface area contributed by atoms with E-state index < -0.39 is 11.6 Å². The Morgan fingerprint density at radius 2 is 1.92 bits per heavy atom. The molecule has 1 saturated heterocycles. The van der Waals surface area contributed by atoms with Gasteiger partial charge in [-0.3, -0.25) is 9.59 Å². The monoisotopic (exact) mass is 335 g/mol. The predicted octanol–water partition coefficient (Wildman–Crippen LogP) is 2.78. The van der Waals surface area contributed by atoms with Crippen LogP contribution in [0.3, 0.4) is 0 Å². The fourth-order valence-corrected chi connectivity index (χ4v) is 4.15. The van der Waals surface area contributed by atoms with Gasteiger partial charge in [0.05, 0.1) is 29.6 Å². The minimum atomic E-state index is -1.01. The molecular weight excluding hydrogens is 310 g/mol. The van der Waals surface area contributed by atoms with Crippen molar-refractivity contribution in [2.75, 3.05) is 13.1 Å². The van der Waals surface area contributed by atoms with E-state index in [-0.39, 0.29) is 23.7 Å². The van der Waals surface area contributed by atoms with Gasteiger partial charge >= 0.3 is 5.97 Å². The van der Waals surface area contributed by atoms with Crippen LogP contribution in [0.2, 0.25) is 0 Å². The molecular formula is C18H25NO5. The third kappa shape index (κ3) is 3.20. The fourth-order valence-electron chi connectivity index (χ4n) is 4.15. The van der Waals surface area contributed by atoms with Crippen molar-refractivity contribution < 1.29 is 23.8 Å². The summed E-state index contributed by atoms with van der Waals surface area (Å²) >= 11 is 0. The van der Waals surface area contributed by atoms with Crippen LogP contribution in [0.1, 0.15) is 61.2 Å². The van der Waals surface area contributed by atoms with Crippen LogP contribution in [0.5, 0.6) is 0 Å². The zero-order valence-electron chi connectivity index (χ0n) is 14.6. The molecule has 6 heteroatoms. The van der Waals surface area contributed by atoms with Crippen molar-refractivity contribution in [3.63, 3.8) is 0 Å². The fraction of sp³-hybridized carbons (Fsp3) is 0.667. The van der Waals surface area contributed by atoms with Crippen LogP contribution in [0.4, 0.5) is 0 Å². The summed E-state index contributed by atoms with van der Waals surface area (Å²) in [6.07, 6.45) is 5.34. The van der Waals surface area contributed by atoms with E-state index in [4.69, 9.17) is 14.3 Å². The number of carboxylic acid groups (broad SMARTS) is 1. The average Bonchev–Trinajstić information content (AvgIpc) is 3.03. The number of carbonyl (C=O) groups excluding carboxylic acids is 1. The van der Waals surface area contributed by atoms with Crippen LogP contribution in [0, 0.1) is 6.92 Å². The average molecular weight is 335 g/mol. The number of hydrogen-bond acceptors (Lipinski definition) is 4. The second-order valence-corrected chi connectivity index (χ2v) is 7.70. The first-order valence-corrected chi connectivity index (χ1v) is 8.50. The SMILES string of the molecule is Cc1coc(CC(=O)O)c1C(=O)N1CC(C)(C)OC2(CCCC2)C1. The highest BCUT2D eigenvalue weighted by Crippen LogP contribution is 2.41. The van der Waals surface area contributed by atoms with Gasteiger partial charge in [0.1, 0.15) is 12.2 Å². The molecule has 1 aliphatic carbocycles. The van der Waals surface area contributed by atoms with Crippen LogP contribution >= 0.6 is 0 Å². The Morgan fingerprint density at radius 1 is 1.25 bits per heavy atom. The van der Waals surface area contributed by atoms with Crippen LogP contribution < -0.4 is 0 Å². The summed E-state index contributed by atoms with van der Waals surface area (Å²) in [5, 5.41) is 9.04. The van der Waals surface area contributed by atoms with E-state index in [1.807, 2.05) is 18.7 Å². The number of aliphatic carboxylic acids is 1. The van der Waals surface area contributed by atoms with E-state index in [1.54, 1.807) is 6.92 Å². The molecule has 1 saturated carbocycles. The van der Waals surface area contributed by atoms with Gasteiger partial charge in [0, 0.05) is 12.1 Å². The van der Waals surface area contributed by atoms with Crippen molar-refractivity contribution >= 4 is 11.9 Å². The van der Waals surface area contributed by atoms with E-state index in [0.717, 1.165) is 25.7 Å². The minimum absolute atomic E-state index is 0.153. The molecule has 1 aliphatic heterocycles. The second-order valence-electron chi connectivity index (χ2n) is 7.70. The molecule has 0 unspecified atom stereocenters. The lowest BCUT2D eigenvalue weighted by atomic mass is 9.93. The minimum Gasteiger partial charge on any atom is -0.481 e. The number of morpholine rings is 1. The Bertz CT molecular complexity index is 654. The van der Waals surface area contributed by atoms with Crippen molar-refractivity contribution in [3.8, 4) is 0 Å². The number of amides is 1. The Labute approximate surface area is 141 Å². The highest BCUT2D eigenvalue weighted by molar-refractivity contribution is 5.97. The molecule has 2 heterocycles. The maximum Gasteiger partial charge on any atom is 0.311 e. The number of ether oxygens (including phenoxy) is 1. The molecule has 0 radical (unpaired) electrons. The number of aryl methyl sites for hydroxylation is 1. The molecule has 0 atom stereocenters. The summed E-state index contributed by atoms with van der Waals surface area (Å²) in [4.78, 5) is 26.0. The molecule has 1 spiro atoms. The molecule has 0 aromatic carbocycles. The molecule has 2 fully saturated rings. The molecule has 132 valence electrons. The van der Waals surface area contributed by atoms with Gasteiger partial charge in [-0.25, -0.2) is 0 Å². The first kappa shape index (κ1) is 17.0. The van der Waals surface area contributed by atoms with Crippen molar-refractivity contribution in [2.24, 2.45) is 0 Å². The van der Waals surface area contributed by atoms with Gasteiger partial charge in [0.25, 0.3) is 5.91 Å². The predicted molar refractivity (Wildman–Crippen MR) is 87.1 cm³/mol. The van der Waals surface area contributed by atoms with Crippen molar-refractivity contribution in [1.82, 2.24) is 4.90 Å². The van der Waals surface area contributed by atoms with Gasteiger partial charge in [0.15, 0.2) is 0 Å². The van der Waals surface area contributed by atoms with Gasteiger partial charge in [-0.05, 0) is 33.6 Å². The van der Waals surface area contributed by atoms with Crippen LogP contribution in [0.25, 0.3) is 0 Å². The van der Waals surface area contributed by atoms with Gasteiger partial charge < -0.3 is 19.2 Å². The molecule has 1 aromatic rings. The van der Waals surface area contributed by atoms with Crippen LogP contribution in [-0.2, 0) is 16.0 Å². The quantitative estimate of drug-likeness (QED) is 0.919. The topological polar surface area (TPSA) is 80.0 Å².